The molecule has 0 aliphatic heterocycles. The number of nitriles is 1. The number of hydrogen-bond donors (Lipinski definition) is 2. The predicted molar refractivity (Wildman–Crippen MR) is 65.4 cm³/mol. The molecule has 0 radical (unpaired) electrons. The predicted octanol–water partition coefficient (Wildman–Crippen LogP) is 1.72. The molecule has 4 nitrogen and oxygen atoms in total. The molecule has 0 fully saturated rings. The lowest BCUT2D eigenvalue weighted by Crippen LogP contribution is -2.22. The highest BCUT2D eigenvalue weighted by Crippen LogP contribution is 2.19. The van der Waals surface area contributed by atoms with Gasteiger partial charge in [0.2, 0.25) is 5.91 Å². The van der Waals surface area contributed by atoms with Crippen LogP contribution in [-0.4, -0.2) is 17.4 Å². The van der Waals surface area contributed by atoms with Gasteiger partial charge in [0, 0.05) is 30.6 Å². The summed E-state index contributed by atoms with van der Waals surface area (Å²) in [4.78, 5) is 13.9. The number of carbonyl (C=O) groups excluding carboxylic acids is 1. The van der Waals surface area contributed by atoms with Crippen molar-refractivity contribution >= 4 is 16.8 Å². The smallest absolute Gasteiger partial charge is 0.216 e. The van der Waals surface area contributed by atoms with Crippen molar-refractivity contribution in [1.82, 2.24) is 10.3 Å². The molecule has 0 atom stereocenters. The number of fused-ring (bicyclic) bond motifs is 1. The molecule has 0 bridgehead atoms. The summed E-state index contributed by atoms with van der Waals surface area (Å²) in [6, 6.07) is 7.68. The van der Waals surface area contributed by atoms with E-state index in [1.165, 1.54) is 6.92 Å². The second-order valence-electron chi connectivity index (χ2n) is 3.92. The summed E-state index contributed by atoms with van der Waals surface area (Å²) in [5.74, 6) is -0.0170. The van der Waals surface area contributed by atoms with Crippen molar-refractivity contribution in [2.24, 2.45) is 0 Å². The van der Waals surface area contributed by atoms with Crippen molar-refractivity contribution in [2.45, 2.75) is 13.3 Å². The molecule has 0 unspecified atom stereocenters. The number of H-pyrrole nitrogens is 1. The Labute approximate surface area is 99.3 Å². The van der Waals surface area contributed by atoms with Crippen molar-refractivity contribution in [2.75, 3.05) is 6.54 Å². The van der Waals surface area contributed by atoms with Crippen molar-refractivity contribution in [3.05, 3.63) is 35.5 Å². The van der Waals surface area contributed by atoms with Gasteiger partial charge in [0.15, 0.2) is 0 Å². The monoisotopic (exact) mass is 227 g/mol. The zero-order valence-electron chi connectivity index (χ0n) is 9.58. The minimum absolute atomic E-state index is 0.0170. The van der Waals surface area contributed by atoms with Crippen LogP contribution in [0.25, 0.3) is 10.9 Å². The minimum atomic E-state index is -0.0170. The lowest BCUT2D eigenvalue weighted by Gasteiger charge is -2.00. The second kappa shape index (κ2) is 4.71. The van der Waals surface area contributed by atoms with Crippen molar-refractivity contribution in [1.29, 1.82) is 5.26 Å². The zero-order chi connectivity index (χ0) is 12.3. The van der Waals surface area contributed by atoms with E-state index in [0.29, 0.717) is 12.1 Å². The number of carbonyl (C=O) groups is 1. The van der Waals surface area contributed by atoms with E-state index in [1.807, 2.05) is 18.3 Å². The Balaban J connectivity index is 2.19. The maximum absolute atomic E-state index is 10.8. The molecule has 86 valence electrons. The molecule has 0 saturated carbocycles. The SMILES string of the molecule is CC(=O)NCCc1c[nH]c2cc(C#N)ccc12. The van der Waals surface area contributed by atoms with E-state index in [2.05, 4.69) is 16.4 Å². The van der Waals surface area contributed by atoms with Gasteiger partial charge in [-0.25, -0.2) is 0 Å². The molecular weight excluding hydrogens is 214 g/mol. The number of hydrogen-bond acceptors (Lipinski definition) is 2. The Morgan fingerprint density at radius 2 is 2.35 bits per heavy atom. The summed E-state index contributed by atoms with van der Waals surface area (Å²) in [5.41, 5.74) is 2.76. The van der Waals surface area contributed by atoms with Crippen LogP contribution >= 0.6 is 0 Å². The number of aromatic nitrogens is 1. The van der Waals surface area contributed by atoms with Crippen LogP contribution < -0.4 is 5.32 Å². The van der Waals surface area contributed by atoms with Gasteiger partial charge in [0.25, 0.3) is 0 Å². The molecule has 1 aromatic heterocycles. The first-order valence-electron chi connectivity index (χ1n) is 5.45. The largest absolute Gasteiger partial charge is 0.361 e. The summed E-state index contributed by atoms with van der Waals surface area (Å²) < 4.78 is 0. The van der Waals surface area contributed by atoms with Crippen LogP contribution in [0.4, 0.5) is 0 Å². The maximum atomic E-state index is 10.8. The molecule has 0 aliphatic carbocycles. The number of benzene rings is 1. The second-order valence-corrected chi connectivity index (χ2v) is 3.92. The third-order valence-electron chi connectivity index (χ3n) is 2.66. The molecule has 1 amide bonds. The Bertz CT molecular complexity index is 592. The van der Waals surface area contributed by atoms with E-state index >= 15 is 0 Å². The first-order chi connectivity index (χ1) is 8.20. The highest BCUT2D eigenvalue weighted by atomic mass is 16.1. The number of amides is 1. The van der Waals surface area contributed by atoms with E-state index in [0.717, 1.165) is 22.9 Å². The van der Waals surface area contributed by atoms with Gasteiger partial charge < -0.3 is 10.3 Å². The quantitative estimate of drug-likeness (QED) is 0.838. The molecule has 17 heavy (non-hydrogen) atoms. The number of aromatic amines is 1. The Hall–Kier alpha value is -2.28. The van der Waals surface area contributed by atoms with Crippen molar-refractivity contribution < 1.29 is 4.79 Å². The summed E-state index contributed by atoms with van der Waals surface area (Å²) in [5, 5.41) is 12.7. The maximum Gasteiger partial charge on any atom is 0.216 e. The Kier molecular flexibility index (Phi) is 3.10. The zero-order valence-corrected chi connectivity index (χ0v) is 9.58. The van der Waals surface area contributed by atoms with E-state index in [1.54, 1.807) is 6.07 Å². The lowest BCUT2D eigenvalue weighted by molar-refractivity contribution is -0.118. The van der Waals surface area contributed by atoms with Crippen molar-refractivity contribution in [3.8, 4) is 6.07 Å². The van der Waals surface area contributed by atoms with Crippen LogP contribution in [0.2, 0.25) is 0 Å². The van der Waals surface area contributed by atoms with Gasteiger partial charge in [0.05, 0.1) is 11.6 Å². The topological polar surface area (TPSA) is 68.7 Å². The fourth-order valence-corrected chi connectivity index (χ4v) is 1.84. The highest BCUT2D eigenvalue weighted by Gasteiger charge is 2.04. The van der Waals surface area contributed by atoms with E-state index < -0.39 is 0 Å². The van der Waals surface area contributed by atoms with Crippen LogP contribution in [0, 0.1) is 11.3 Å². The van der Waals surface area contributed by atoms with E-state index in [9.17, 15) is 4.79 Å². The molecule has 2 rings (SSSR count). The van der Waals surface area contributed by atoms with Crippen LogP contribution in [-0.2, 0) is 11.2 Å². The van der Waals surface area contributed by atoms with Gasteiger partial charge in [-0.15, -0.1) is 0 Å². The first kappa shape index (κ1) is 11.2. The standard InChI is InChI=1S/C13H13N3O/c1-9(17)15-5-4-11-8-16-13-6-10(7-14)2-3-12(11)13/h2-3,6,8,16H,4-5H2,1H3,(H,15,17). The summed E-state index contributed by atoms with van der Waals surface area (Å²) in [6.45, 7) is 2.14. The third kappa shape index (κ3) is 2.45. The normalized spacial score (nSPS) is 10.1. The van der Waals surface area contributed by atoms with Gasteiger partial charge in [-0.1, -0.05) is 6.07 Å². The molecule has 1 aromatic carbocycles. The Morgan fingerprint density at radius 1 is 1.53 bits per heavy atom. The molecule has 0 aliphatic rings. The Morgan fingerprint density at radius 3 is 3.06 bits per heavy atom. The molecule has 4 heteroatoms. The average molecular weight is 227 g/mol. The van der Waals surface area contributed by atoms with Gasteiger partial charge >= 0.3 is 0 Å². The molecular formula is C13H13N3O. The van der Waals surface area contributed by atoms with E-state index in [4.69, 9.17) is 5.26 Å². The number of rotatable bonds is 3. The van der Waals surface area contributed by atoms with Gasteiger partial charge in [-0.3, -0.25) is 4.79 Å². The molecule has 0 spiro atoms. The summed E-state index contributed by atoms with van der Waals surface area (Å²) >= 11 is 0. The van der Waals surface area contributed by atoms with Gasteiger partial charge in [-0.2, -0.15) is 5.26 Å². The van der Waals surface area contributed by atoms with Crippen LogP contribution in [0.3, 0.4) is 0 Å². The van der Waals surface area contributed by atoms with Crippen LogP contribution in [0.5, 0.6) is 0 Å². The fourth-order valence-electron chi connectivity index (χ4n) is 1.84. The molecule has 1 heterocycles. The van der Waals surface area contributed by atoms with Crippen LogP contribution in [0.15, 0.2) is 24.4 Å². The average Bonchev–Trinajstić information content (AvgIpc) is 2.71. The fraction of sp³-hybridized carbons (Fsp3) is 0.231. The number of nitrogens with one attached hydrogen (secondary N) is 2. The van der Waals surface area contributed by atoms with E-state index in [-0.39, 0.29) is 5.91 Å². The molecule has 2 N–H and O–H groups in total. The number of nitrogens with zero attached hydrogens (tertiary/aromatic N) is 1. The molecule has 2 aromatic rings. The van der Waals surface area contributed by atoms with Gasteiger partial charge in [-0.05, 0) is 24.1 Å². The van der Waals surface area contributed by atoms with Crippen LogP contribution in [0.1, 0.15) is 18.1 Å². The summed E-state index contributed by atoms with van der Waals surface area (Å²) in [7, 11) is 0. The first-order valence-corrected chi connectivity index (χ1v) is 5.45. The third-order valence-corrected chi connectivity index (χ3v) is 2.66. The highest BCUT2D eigenvalue weighted by molar-refractivity contribution is 5.84. The minimum Gasteiger partial charge on any atom is -0.361 e. The molecule has 0 saturated heterocycles. The van der Waals surface area contributed by atoms with Gasteiger partial charge in [0.1, 0.15) is 0 Å². The summed E-state index contributed by atoms with van der Waals surface area (Å²) in [6.07, 6.45) is 2.71. The lowest BCUT2D eigenvalue weighted by atomic mass is 10.1. The van der Waals surface area contributed by atoms with Crippen molar-refractivity contribution in [3.63, 3.8) is 0 Å².